The van der Waals surface area contributed by atoms with Gasteiger partial charge in [0.05, 0.1) is 0 Å². The summed E-state index contributed by atoms with van der Waals surface area (Å²) in [6, 6.07) is 0. The van der Waals surface area contributed by atoms with E-state index in [0.717, 1.165) is 17.8 Å². The minimum Gasteiger partial charge on any atom is -0.0917 e. The molecule has 0 heterocycles. The fourth-order valence-electron chi connectivity index (χ4n) is 2.84. The summed E-state index contributed by atoms with van der Waals surface area (Å²) in [5.74, 6) is 3.02. The molecule has 0 aromatic carbocycles. The molecule has 82 valence electrons. The van der Waals surface area contributed by atoms with Crippen LogP contribution in [0.2, 0.25) is 0 Å². The maximum absolute atomic E-state index is 2.44. The normalized spacial score (nSPS) is 33.8. The van der Waals surface area contributed by atoms with Crippen LogP contribution in [0.15, 0.2) is 12.2 Å². The second-order valence-electron chi connectivity index (χ2n) is 4.97. The van der Waals surface area contributed by atoms with E-state index in [1.165, 1.54) is 38.5 Å². The molecule has 0 N–H and O–H groups in total. The second-order valence-corrected chi connectivity index (χ2v) is 4.97. The van der Waals surface area contributed by atoms with Crippen LogP contribution in [0.5, 0.6) is 0 Å². The van der Waals surface area contributed by atoms with Crippen molar-refractivity contribution in [3.63, 3.8) is 0 Å². The van der Waals surface area contributed by atoms with Gasteiger partial charge in [0, 0.05) is 0 Å². The lowest BCUT2D eigenvalue weighted by molar-refractivity contribution is 0.181. The molecular weight excluding hydrogens is 168 g/mol. The Labute approximate surface area is 89.8 Å². The van der Waals surface area contributed by atoms with Crippen LogP contribution < -0.4 is 0 Å². The van der Waals surface area contributed by atoms with Gasteiger partial charge in [0.15, 0.2) is 0 Å². The van der Waals surface area contributed by atoms with Crippen molar-refractivity contribution in [1.82, 2.24) is 0 Å². The van der Waals surface area contributed by atoms with E-state index in [2.05, 4.69) is 32.9 Å². The monoisotopic (exact) mass is 194 g/mol. The molecule has 0 radical (unpaired) electrons. The summed E-state index contributed by atoms with van der Waals surface area (Å²) in [6.07, 6.45) is 13.1. The Morgan fingerprint density at radius 3 is 2.71 bits per heavy atom. The Hall–Kier alpha value is -0.260. The number of rotatable bonds is 4. The van der Waals surface area contributed by atoms with Crippen LogP contribution in [0.4, 0.5) is 0 Å². The van der Waals surface area contributed by atoms with Crippen LogP contribution >= 0.6 is 0 Å². The molecule has 1 fully saturated rings. The van der Waals surface area contributed by atoms with E-state index in [-0.39, 0.29) is 0 Å². The summed E-state index contributed by atoms with van der Waals surface area (Å²) in [7, 11) is 0. The molecule has 14 heavy (non-hydrogen) atoms. The van der Waals surface area contributed by atoms with Crippen molar-refractivity contribution in [1.29, 1.82) is 0 Å². The average Bonchev–Trinajstić information content (AvgIpc) is 2.21. The van der Waals surface area contributed by atoms with Gasteiger partial charge in [0.1, 0.15) is 0 Å². The van der Waals surface area contributed by atoms with Crippen LogP contribution in [0, 0.1) is 17.8 Å². The summed E-state index contributed by atoms with van der Waals surface area (Å²) in [5, 5.41) is 0. The molecule has 1 aliphatic rings. The van der Waals surface area contributed by atoms with Gasteiger partial charge in [-0.15, -0.1) is 0 Å². The summed E-state index contributed by atoms with van der Waals surface area (Å²) in [5.41, 5.74) is 0. The van der Waals surface area contributed by atoms with Crippen LogP contribution in [0.25, 0.3) is 0 Å². The lowest BCUT2D eigenvalue weighted by Gasteiger charge is -2.33. The SMILES string of the molecule is C/C=C/CCC1CCC(C)C(CC)C1. The van der Waals surface area contributed by atoms with Gasteiger partial charge in [0.25, 0.3) is 0 Å². The van der Waals surface area contributed by atoms with Crippen molar-refractivity contribution < 1.29 is 0 Å². The zero-order valence-electron chi connectivity index (χ0n) is 10.1. The first-order valence-corrected chi connectivity index (χ1v) is 6.39. The van der Waals surface area contributed by atoms with Crippen molar-refractivity contribution in [3.05, 3.63) is 12.2 Å². The summed E-state index contributed by atoms with van der Waals surface area (Å²) < 4.78 is 0. The van der Waals surface area contributed by atoms with Crippen molar-refractivity contribution in [2.24, 2.45) is 17.8 Å². The van der Waals surface area contributed by atoms with Gasteiger partial charge < -0.3 is 0 Å². The number of hydrogen-bond donors (Lipinski definition) is 0. The molecule has 0 aliphatic heterocycles. The van der Waals surface area contributed by atoms with E-state index in [1.54, 1.807) is 0 Å². The largest absolute Gasteiger partial charge is 0.0917 e. The Morgan fingerprint density at radius 2 is 2.07 bits per heavy atom. The Balaban J connectivity index is 2.27. The van der Waals surface area contributed by atoms with E-state index < -0.39 is 0 Å². The zero-order valence-corrected chi connectivity index (χ0v) is 10.1. The van der Waals surface area contributed by atoms with Crippen molar-refractivity contribution in [3.8, 4) is 0 Å². The smallest absolute Gasteiger partial charge is 0.0348 e. The highest BCUT2D eigenvalue weighted by Crippen LogP contribution is 2.37. The van der Waals surface area contributed by atoms with Gasteiger partial charge in [-0.3, -0.25) is 0 Å². The zero-order chi connectivity index (χ0) is 10.4. The fourth-order valence-corrected chi connectivity index (χ4v) is 2.84. The van der Waals surface area contributed by atoms with Gasteiger partial charge in [-0.25, -0.2) is 0 Å². The van der Waals surface area contributed by atoms with Gasteiger partial charge in [-0.2, -0.15) is 0 Å². The summed E-state index contributed by atoms with van der Waals surface area (Å²) >= 11 is 0. The molecule has 1 saturated carbocycles. The van der Waals surface area contributed by atoms with E-state index in [1.807, 2.05) is 0 Å². The van der Waals surface area contributed by atoms with Gasteiger partial charge in [-0.1, -0.05) is 45.3 Å². The summed E-state index contributed by atoms with van der Waals surface area (Å²) in [6.45, 7) is 6.92. The molecule has 0 heteroatoms. The fraction of sp³-hybridized carbons (Fsp3) is 0.857. The van der Waals surface area contributed by atoms with Crippen LogP contribution in [-0.4, -0.2) is 0 Å². The van der Waals surface area contributed by atoms with Crippen LogP contribution in [0.1, 0.15) is 59.3 Å². The van der Waals surface area contributed by atoms with Crippen LogP contribution in [-0.2, 0) is 0 Å². The average molecular weight is 194 g/mol. The highest BCUT2D eigenvalue weighted by Gasteiger charge is 2.25. The molecular formula is C14H26. The number of allylic oxidation sites excluding steroid dienone is 2. The predicted molar refractivity (Wildman–Crippen MR) is 64.3 cm³/mol. The standard InChI is InChI=1S/C14H26/c1-4-6-7-8-13-10-9-12(3)14(5-2)11-13/h4,6,12-14H,5,7-11H2,1-3H3/b6-4+. The first-order valence-electron chi connectivity index (χ1n) is 6.39. The predicted octanol–water partition coefficient (Wildman–Crippen LogP) is 4.81. The summed E-state index contributed by atoms with van der Waals surface area (Å²) in [4.78, 5) is 0. The third-order valence-corrected chi connectivity index (χ3v) is 3.97. The lowest BCUT2D eigenvalue weighted by Crippen LogP contribution is -2.22. The molecule has 1 aliphatic carbocycles. The number of hydrogen-bond acceptors (Lipinski definition) is 0. The topological polar surface area (TPSA) is 0 Å². The lowest BCUT2D eigenvalue weighted by atomic mass is 9.72. The van der Waals surface area contributed by atoms with Crippen LogP contribution in [0.3, 0.4) is 0 Å². The van der Waals surface area contributed by atoms with E-state index in [4.69, 9.17) is 0 Å². The maximum atomic E-state index is 2.44. The molecule has 3 atom stereocenters. The quantitative estimate of drug-likeness (QED) is 0.564. The molecule has 0 nitrogen and oxygen atoms in total. The highest BCUT2D eigenvalue weighted by atomic mass is 14.3. The molecule has 1 rings (SSSR count). The Bertz CT molecular complexity index is 169. The second kappa shape index (κ2) is 6.27. The third-order valence-electron chi connectivity index (χ3n) is 3.97. The van der Waals surface area contributed by atoms with E-state index in [9.17, 15) is 0 Å². The molecule has 3 unspecified atom stereocenters. The van der Waals surface area contributed by atoms with Crippen molar-refractivity contribution in [2.45, 2.75) is 59.3 Å². The molecule has 0 aromatic rings. The van der Waals surface area contributed by atoms with Gasteiger partial charge >= 0.3 is 0 Å². The molecule has 0 amide bonds. The molecule has 0 bridgehead atoms. The minimum absolute atomic E-state index is 0.984. The first kappa shape index (κ1) is 11.8. The van der Waals surface area contributed by atoms with E-state index >= 15 is 0 Å². The Kier molecular flexibility index (Phi) is 5.29. The van der Waals surface area contributed by atoms with Gasteiger partial charge in [0.2, 0.25) is 0 Å². The minimum atomic E-state index is 0.984. The third kappa shape index (κ3) is 3.48. The van der Waals surface area contributed by atoms with Gasteiger partial charge in [-0.05, 0) is 43.9 Å². The Morgan fingerprint density at radius 1 is 1.29 bits per heavy atom. The van der Waals surface area contributed by atoms with E-state index in [0.29, 0.717) is 0 Å². The molecule has 0 saturated heterocycles. The maximum Gasteiger partial charge on any atom is -0.0348 e. The van der Waals surface area contributed by atoms with Crippen molar-refractivity contribution in [2.75, 3.05) is 0 Å². The van der Waals surface area contributed by atoms with Crippen molar-refractivity contribution >= 4 is 0 Å². The molecule has 0 spiro atoms. The molecule has 0 aromatic heterocycles. The highest BCUT2D eigenvalue weighted by molar-refractivity contribution is 4.81. The first-order chi connectivity index (χ1) is 6.77.